The summed E-state index contributed by atoms with van der Waals surface area (Å²) in [4.78, 5) is 24.8. The van der Waals surface area contributed by atoms with Crippen molar-refractivity contribution < 1.29 is 39.1 Å². The van der Waals surface area contributed by atoms with Crippen LogP contribution in [0.3, 0.4) is 0 Å². The van der Waals surface area contributed by atoms with E-state index in [1.165, 1.54) is 13.8 Å². The zero-order valence-corrected chi connectivity index (χ0v) is 28.4. The molecule has 0 radical (unpaired) electrons. The summed E-state index contributed by atoms with van der Waals surface area (Å²) in [6.07, 6.45) is 9.15. The quantitative estimate of drug-likeness (QED) is 0.166. The standard InChI is InChI=1S/C35H64N2O8/c1-22(2)14-25-6-5-7-26(21-39)16-29(15-25)33(45-24(4)41)19-30(44-23(3)40)9-8-27-17-34(43-13-12-38)32(42)20-31(27)28-10-11-37-35(36)18-28/h22,25-35,37-39,42H,5-21,36H2,1-4H3. The van der Waals surface area contributed by atoms with Gasteiger partial charge >= 0.3 is 11.9 Å². The lowest BCUT2D eigenvalue weighted by Gasteiger charge is -2.45. The molecule has 0 aromatic heterocycles. The smallest absolute Gasteiger partial charge is 0.302 e. The minimum absolute atomic E-state index is 0.0609. The van der Waals surface area contributed by atoms with E-state index in [0.717, 1.165) is 64.3 Å². The van der Waals surface area contributed by atoms with Crippen LogP contribution in [0.1, 0.15) is 111 Å². The fourth-order valence-electron chi connectivity index (χ4n) is 8.82. The van der Waals surface area contributed by atoms with E-state index in [0.29, 0.717) is 43.4 Å². The van der Waals surface area contributed by atoms with Gasteiger partial charge in [-0.1, -0.05) is 26.7 Å². The molecule has 1 saturated heterocycles. The fraction of sp³-hybridized carbons (Fsp3) is 0.943. The number of hydrogen-bond donors (Lipinski definition) is 5. The summed E-state index contributed by atoms with van der Waals surface area (Å²) in [6.45, 7) is 8.44. The Hall–Kier alpha value is -1.30. The molecule has 3 fully saturated rings. The van der Waals surface area contributed by atoms with Crippen molar-refractivity contribution in [1.29, 1.82) is 0 Å². The third kappa shape index (κ3) is 13.0. The number of carbonyl (C=O) groups excluding carboxylic acids is 2. The number of aliphatic hydroxyl groups is 3. The normalized spacial score (nSPS) is 34.4. The third-order valence-corrected chi connectivity index (χ3v) is 10.7. The Morgan fingerprint density at radius 2 is 1.67 bits per heavy atom. The summed E-state index contributed by atoms with van der Waals surface area (Å²) in [5.41, 5.74) is 6.28. The van der Waals surface area contributed by atoms with E-state index in [1.807, 2.05) is 0 Å². The van der Waals surface area contributed by atoms with Gasteiger partial charge in [0.1, 0.15) is 12.2 Å². The van der Waals surface area contributed by atoms with Gasteiger partial charge < -0.3 is 40.6 Å². The maximum absolute atomic E-state index is 12.4. The molecule has 0 amide bonds. The van der Waals surface area contributed by atoms with Gasteiger partial charge in [-0.3, -0.25) is 9.59 Å². The highest BCUT2D eigenvalue weighted by Gasteiger charge is 2.42. The van der Waals surface area contributed by atoms with Crippen molar-refractivity contribution in [3.05, 3.63) is 0 Å². The monoisotopic (exact) mass is 640 g/mol. The SMILES string of the molecule is CC(=O)OC(CCC1CC(OCCO)C(O)CC1C1CCNC(N)C1)CC(OC(C)=O)C1CC(CO)CCCC(CC(C)C)C1. The first-order valence-electron chi connectivity index (χ1n) is 17.8. The number of carbonyl (C=O) groups is 2. The van der Waals surface area contributed by atoms with E-state index in [1.54, 1.807) is 0 Å². The summed E-state index contributed by atoms with van der Waals surface area (Å²) in [6, 6.07) is 0. The second kappa shape index (κ2) is 19.5. The van der Waals surface area contributed by atoms with Crippen molar-refractivity contribution in [2.75, 3.05) is 26.4 Å². The van der Waals surface area contributed by atoms with Gasteiger partial charge in [0, 0.05) is 26.9 Å². The van der Waals surface area contributed by atoms with E-state index >= 15 is 0 Å². The summed E-state index contributed by atoms with van der Waals surface area (Å²) in [7, 11) is 0. The van der Waals surface area contributed by atoms with Crippen LogP contribution in [0, 0.1) is 41.4 Å². The largest absolute Gasteiger partial charge is 0.462 e. The van der Waals surface area contributed by atoms with Gasteiger partial charge in [0.15, 0.2) is 0 Å². The molecule has 1 aliphatic heterocycles. The van der Waals surface area contributed by atoms with Crippen LogP contribution in [0.2, 0.25) is 0 Å². The first-order valence-corrected chi connectivity index (χ1v) is 17.8. The zero-order chi connectivity index (χ0) is 32.9. The Kier molecular flexibility index (Phi) is 16.5. The van der Waals surface area contributed by atoms with Gasteiger partial charge in [0.05, 0.1) is 31.6 Å². The summed E-state index contributed by atoms with van der Waals surface area (Å²) in [5, 5.41) is 33.8. The van der Waals surface area contributed by atoms with Gasteiger partial charge in [0.25, 0.3) is 0 Å². The van der Waals surface area contributed by atoms with Crippen molar-refractivity contribution in [3.8, 4) is 0 Å². The Balaban J connectivity index is 1.80. The topological polar surface area (TPSA) is 161 Å². The van der Waals surface area contributed by atoms with E-state index < -0.39 is 18.3 Å². The van der Waals surface area contributed by atoms with E-state index in [4.69, 9.17) is 19.9 Å². The molecule has 0 bridgehead atoms. The first-order chi connectivity index (χ1) is 21.5. The molecule has 2 saturated carbocycles. The van der Waals surface area contributed by atoms with E-state index in [9.17, 15) is 24.9 Å². The first kappa shape index (κ1) is 38.2. The third-order valence-electron chi connectivity index (χ3n) is 10.7. The Morgan fingerprint density at radius 3 is 2.31 bits per heavy atom. The molecule has 0 aromatic carbocycles. The molecule has 6 N–H and O–H groups in total. The average Bonchev–Trinajstić information content (AvgIpc) is 2.95. The molecule has 262 valence electrons. The predicted molar refractivity (Wildman–Crippen MR) is 173 cm³/mol. The fourth-order valence-corrected chi connectivity index (χ4v) is 8.82. The Morgan fingerprint density at radius 1 is 0.956 bits per heavy atom. The molecule has 11 atom stereocenters. The Labute approximate surface area is 271 Å². The lowest BCUT2D eigenvalue weighted by Crippen LogP contribution is -2.50. The van der Waals surface area contributed by atoms with Crippen LogP contribution in [0.15, 0.2) is 0 Å². The maximum atomic E-state index is 12.4. The van der Waals surface area contributed by atoms with Crippen LogP contribution in [0.4, 0.5) is 0 Å². The van der Waals surface area contributed by atoms with Crippen molar-refractivity contribution in [3.63, 3.8) is 0 Å². The molecular weight excluding hydrogens is 576 g/mol. The molecule has 45 heavy (non-hydrogen) atoms. The van der Waals surface area contributed by atoms with Crippen molar-refractivity contribution in [2.45, 2.75) is 142 Å². The van der Waals surface area contributed by atoms with Crippen LogP contribution in [0.5, 0.6) is 0 Å². The van der Waals surface area contributed by atoms with Crippen LogP contribution in [-0.2, 0) is 23.8 Å². The van der Waals surface area contributed by atoms with Crippen LogP contribution in [-0.4, -0.2) is 84.2 Å². The second-order valence-corrected chi connectivity index (χ2v) is 14.8. The molecule has 10 nitrogen and oxygen atoms in total. The average molecular weight is 641 g/mol. The molecular formula is C35H64N2O8. The molecule has 3 rings (SSSR count). The Bertz CT molecular complexity index is 875. The highest BCUT2D eigenvalue weighted by atomic mass is 16.6. The molecule has 0 aromatic rings. The number of piperidine rings is 1. The summed E-state index contributed by atoms with van der Waals surface area (Å²) < 4.78 is 17.8. The van der Waals surface area contributed by atoms with Crippen molar-refractivity contribution >= 4 is 11.9 Å². The minimum atomic E-state index is -0.598. The van der Waals surface area contributed by atoms with Crippen LogP contribution in [0.25, 0.3) is 0 Å². The van der Waals surface area contributed by atoms with Gasteiger partial charge in [-0.15, -0.1) is 0 Å². The number of esters is 2. The number of ether oxygens (including phenoxy) is 3. The van der Waals surface area contributed by atoms with Gasteiger partial charge in [-0.2, -0.15) is 0 Å². The van der Waals surface area contributed by atoms with Crippen molar-refractivity contribution in [2.24, 2.45) is 47.2 Å². The molecule has 2 aliphatic carbocycles. The van der Waals surface area contributed by atoms with Gasteiger partial charge in [0.2, 0.25) is 0 Å². The molecule has 1 heterocycles. The number of aliphatic hydroxyl groups excluding tert-OH is 3. The molecule has 11 unspecified atom stereocenters. The lowest BCUT2D eigenvalue weighted by molar-refractivity contribution is -0.157. The zero-order valence-electron chi connectivity index (χ0n) is 28.4. The maximum Gasteiger partial charge on any atom is 0.302 e. The number of hydrogen-bond acceptors (Lipinski definition) is 10. The molecule has 3 aliphatic rings. The van der Waals surface area contributed by atoms with Gasteiger partial charge in [-0.25, -0.2) is 0 Å². The lowest BCUT2D eigenvalue weighted by atomic mass is 9.66. The number of nitrogens with one attached hydrogen (secondary N) is 1. The second-order valence-electron chi connectivity index (χ2n) is 14.8. The van der Waals surface area contributed by atoms with Crippen molar-refractivity contribution in [1.82, 2.24) is 5.32 Å². The van der Waals surface area contributed by atoms with E-state index in [-0.39, 0.29) is 67.7 Å². The van der Waals surface area contributed by atoms with Crippen LogP contribution >= 0.6 is 0 Å². The highest BCUT2D eigenvalue weighted by molar-refractivity contribution is 5.66. The molecule has 10 heteroatoms. The predicted octanol–water partition coefficient (Wildman–Crippen LogP) is 3.92. The van der Waals surface area contributed by atoms with E-state index in [2.05, 4.69) is 19.2 Å². The number of rotatable bonds is 15. The highest BCUT2D eigenvalue weighted by Crippen LogP contribution is 2.43. The molecule has 0 spiro atoms. The number of nitrogens with two attached hydrogens (primary N) is 1. The minimum Gasteiger partial charge on any atom is -0.462 e. The summed E-state index contributed by atoms with van der Waals surface area (Å²) >= 11 is 0. The van der Waals surface area contributed by atoms with Crippen LogP contribution < -0.4 is 11.1 Å². The summed E-state index contributed by atoms with van der Waals surface area (Å²) in [5.74, 6) is 1.54. The van der Waals surface area contributed by atoms with Gasteiger partial charge in [-0.05, 0) is 112 Å².